The number of carboxylic acid groups (broad SMARTS) is 1. The Bertz CT molecular complexity index is 365. The van der Waals surface area contributed by atoms with Crippen molar-refractivity contribution in [3.63, 3.8) is 0 Å². The highest BCUT2D eigenvalue weighted by molar-refractivity contribution is 5.70. The lowest BCUT2D eigenvalue weighted by molar-refractivity contribution is -0.136. The summed E-state index contributed by atoms with van der Waals surface area (Å²) in [6, 6.07) is 7.44. The molecule has 0 radical (unpaired) electrons. The molecule has 0 unspecified atom stereocenters. The maximum atomic E-state index is 10.5. The number of aliphatic carboxylic acids is 1. The van der Waals surface area contributed by atoms with Crippen LogP contribution in [-0.2, 0) is 22.6 Å². The quantitative estimate of drug-likeness (QED) is 0.770. The number of nitrogens with one attached hydrogen (secondary N) is 1. The summed E-state index contributed by atoms with van der Waals surface area (Å²) in [5.41, 5.74) is 4.53. The number of benzene rings is 1. The average Bonchev–Trinajstić information content (AvgIpc) is 2.18. The third kappa shape index (κ3) is 6.04. The molecule has 0 saturated carbocycles. The molecule has 0 fully saturated rings. The van der Waals surface area contributed by atoms with Gasteiger partial charge in [0.25, 0.3) is 0 Å². The van der Waals surface area contributed by atoms with Crippen molar-refractivity contribution in [2.24, 2.45) is 0 Å². The van der Waals surface area contributed by atoms with Crippen LogP contribution < -0.4 is 5.48 Å². The molecule has 0 aliphatic carbocycles. The standard InChI is InChI=1S/C13H19NO3/c1-13(2,3)17-14-9-11-6-4-10(5-7-11)8-12(15)16/h4-7,14H,8-9H2,1-3H3,(H,15,16). The number of hydroxylamine groups is 1. The lowest BCUT2D eigenvalue weighted by atomic mass is 10.1. The summed E-state index contributed by atoms with van der Waals surface area (Å²) in [6.07, 6.45) is 0.0617. The highest BCUT2D eigenvalue weighted by Gasteiger charge is 2.09. The first-order valence-electron chi connectivity index (χ1n) is 5.57. The molecule has 0 heterocycles. The molecule has 94 valence electrons. The average molecular weight is 237 g/mol. The lowest BCUT2D eigenvalue weighted by Crippen LogP contribution is -2.28. The minimum Gasteiger partial charge on any atom is -0.481 e. The molecule has 0 amide bonds. The van der Waals surface area contributed by atoms with Gasteiger partial charge in [0.15, 0.2) is 0 Å². The van der Waals surface area contributed by atoms with Gasteiger partial charge in [-0.05, 0) is 31.9 Å². The van der Waals surface area contributed by atoms with Crippen molar-refractivity contribution in [3.05, 3.63) is 35.4 Å². The van der Waals surface area contributed by atoms with Gasteiger partial charge in [-0.1, -0.05) is 24.3 Å². The minimum atomic E-state index is -0.813. The zero-order valence-electron chi connectivity index (χ0n) is 10.5. The monoisotopic (exact) mass is 237 g/mol. The fourth-order valence-corrected chi connectivity index (χ4v) is 1.29. The molecule has 4 nitrogen and oxygen atoms in total. The Labute approximate surface area is 102 Å². The molecular formula is C13H19NO3. The number of hydrogen-bond acceptors (Lipinski definition) is 3. The number of rotatable bonds is 5. The van der Waals surface area contributed by atoms with Gasteiger partial charge in [-0.25, -0.2) is 0 Å². The van der Waals surface area contributed by atoms with Crippen LogP contribution in [0.4, 0.5) is 0 Å². The number of hydrogen-bond donors (Lipinski definition) is 2. The smallest absolute Gasteiger partial charge is 0.307 e. The molecule has 1 aromatic carbocycles. The molecule has 1 rings (SSSR count). The van der Waals surface area contributed by atoms with E-state index < -0.39 is 5.97 Å². The van der Waals surface area contributed by atoms with E-state index in [0.717, 1.165) is 11.1 Å². The predicted octanol–water partition coefficient (Wildman–Crippen LogP) is 2.13. The zero-order chi connectivity index (χ0) is 12.9. The molecule has 2 N–H and O–H groups in total. The zero-order valence-corrected chi connectivity index (χ0v) is 10.5. The summed E-state index contributed by atoms with van der Waals surface area (Å²) in [5.74, 6) is -0.813. The van der Waals surface area contributed by atoms with Crippen LogP contribution in [0.25, 0.3) is 0 Å². The first kappa shape index (κ1) is 13.7. The van der Waals surface area contributed by atoms with Crippen LogP contribution in [0, 0.1) is 0 Å². The molecule has 0 atom stereocenters. The van der Waals surface area contributed by atoms with Crippen LogP contribution in [0.15, 0.2) is 24.3 Å². The van der Waals surface area contributed by atoms with Gasteiger partial charge in [-0.2, -0.15) is 5.48 Å². The first-order valence-corrected chi connectivity index (χ1v) is 5.57. The van der Waals surface area contributed by atoms with Crippen LogP contribution in [0.1, 0.15) is 31.9 Å². The second kappa shape index (κ2) is 5.80. The molecule has 0 bridgehead atoms. The highest BCUT2D eigenvalue weighted by Crippen LogP contribution is 2.07. The van der Waals surface area contributed by atoms with E-state index in [1.807, 2.05) is 45.0 Å². The summed E-state index contributed by atoms with van der Waals surface area (Å²) in [4.78, 5) is 15.9. The van der Waals surface area contributed by atoms with Gasteiger partial charge in [0.2, 0.25) is 0 Å². The van der Waals surface area contributed by atoms with E-state index in [2.05, 4.69) is 5.48 Å². The van der Waals surface area contributed by atoms with Crippen molar-refractivity contribution in [1.82, 2.24) is 5.48 Å². The van der Waals surface area contributed by atoms with Gasteiger partial charge < -0.3 is 5.11 Å². The maximum absolute atomic E-state index is 10.5. The van der Waals surface area contributed by atoms with Crippen molar-refractivity contribution in [1.29, 1.82) is 0 Å². The third-order valence-corrected chi connectivity index (χ3v) is 2.03. The van der Waals surface area contributed by atoms with E-state index in [4.69, 9.17) is 9.94 Å². The topological polar surface area (TPSA) is 58.6 Å². The van der Waals surface area contributed by atoms with Gasteiger partial charge in [0, 0.05) is 6.54 Å². The lowest BCUT2D eigenvalue weighted by Gasteiger charge is -2.19. The van der Waals surface area contributed by atoms with Gasteiger partial charge in [-0.3, -0.25) is 9.63 Å². The third-order valence-electron chi connectivity index (χ3n) is 2.03. The van der Waals surface area contributed by atoms with E-state index in [9.17, 15) is 4.79 Å². The van der Waals surface area contributed by atoms with Crippen LogP contribution in [0.5, 0.6) is 0 Å². The molecule has 0 saturated heterocycles. The minimum absolute atomic E-state index is 0.0617. The van der Waals surface area contributed by atoms with Crippen molar-refractivity contribution in [3.8, 4) is 0 Å². The Hall–Kier alpha value is -1.39. The van der Waals surface area contributed by atoms with Crippen LogP contribution >= 0.6 is 0 Å². The van der Waals surface area contributed by atoms with Crippen LogP contribution in [0.3, 0.4) is 0 Å². The first-order chi connectivity index (χ1) is 7.87. The van der Waals surface area contributed by atoms with Gasteiger partial charge in [0.05, 0.1) is 12.0 Å². The molecule has 4 heteroatoms. The Balaban J connectivity index is 2.43. The summed E-state index contributed by atoms with van der Waals surface area (Å²) in [7, 11) is 0. The maximum Gasteiger partial charge on any atom is 0.307 e. The Morgan fingerprint density at radius 2 is 1.76 bits per heavy atom. The Morgan fingerprint density at radius 1 is 1.24 bits per heavy atom. The van der Waals surface area contributed by atoms with Crippen LogP contribution in [0.2, 0.25) is 0 Å². The van der Waals surface area contributed by atoms with E-state index in [0.29, 0.717) is 6.54 Å². The fourth-order valence-electron chi connectivity index (χ4n) is 1.29. The molecule has 1 aromatic rings. The van der Waals surface area contributed by atoms with Crippen LogP contribution in [-0.4, -0.2) is 16.7 Å². The largest absolute Gasteiger partial charge is 0.481 e. The number of carboxylic acids is 1. The van der Waals surface area contributed by atoms with Gasteiger partial charge in [-0.15, -0.1) is 0 Å². The fraction of sp³-hybridized carbons (Fsp3) is 0.462. The summed E-state index contributed by atoms with van der Waals surface area (Å²) >= 11 is 0. The molecule has 0 aliphatic heterocycles. The van der Waals surface area contributed by atoms with Crippen molar-refractivity contribution in [2.75, 3.05) is 0 Å². The van der Waals surface area contributed by atoms with E-state index in [1.165, 1.54) is 0 Å². The predicted molar refractivity (Wildman–Crippen MR) is 65.5 cm³/mol. The van der Waals surface area contributed by atoms with Gasteiger partial charge in [0.1, 0.15) is 0 Å². The normalized spacial score (nSPS) is 11.5. The molecule has 0 aromatic heterocycles. The van der Waals surface area contributed by atoms with E-state index in [1.54, 1.807) is 0 Å². The molecular weight excluding hydrogens is 218 g/mol. The molecule has 17 heavy (non-hydrogen) atoms. The van der Waals surface area contributed by atoms with Crippen molar-refractivity contribution in [2.45, 2.75) is 39.3 Å². The highest BCUT2D eigenvalue weighted by atomic mass is 16.7. The van der Waals surface area contributed by atoms with E-state index >= 15 is 0 Å². The summed E-state index contributed by atoms with van der Waals surface area (Å²) < 4.78 is 0. The summed E-state index contributed by atoms with van der Waals surface area (Å²) in [5, 5.41) is 8.63. The van der Waals surface area contributed by atoms with Gasteiger partial charge >= 0.3 is 5.97 Å². The molecule has 0 spiro atoms. The summed E-state index contributed by atoms with van der Waals surface area (Å²) in [6.45, 7) is 6.51. The second-order valence-corrected chi connectivity index (χ2v) is 4.92. The Morgan fingerprint density at radius 3 is 2.24 bits per heavy atom. The van der Waals surface area contributed by atoms with Crippen molar-refractivity contribution < 1.29 is 14.7 Å². The number of carbonyl (C=O) groups is 1. The SMILES string of the molecule is CC(C)(C)ONCc1ccc(CC(=O)O)cc1. The Kier molecular flexibility index (Phi) is 4.66. The van der Waals surface area contributed by atoms with E-state index in [-0.39, 0.29) is 12.0 Å². The second-order valence-electron chi connectivity index (χ2n) is 4.92. The van der Waals surface area contributed by atoms with Crippen molar-refractivity contribution >= 4 is 5.97 Å². The molecule has 0 aliphatic rings.